The Kier molecular flexibility index (Phi) is 3.50. The number of hydrogen-bond donors (Lipinski definition) is 1. The van der Waals surface area contributed by atoms with Gasteiger partial charge in [-0.15, -0.1) is 0 Å². The van der Waals surface area contributed by atoms with Crippen LogP contribution in [0.5, 0.6) is 0 Å². The Morgan fingerprint density at radius 3 is 2.64 bits per heavy atom. The van der Waals surface area contributed by atoms with Crippen molar-refractivity contribution in [3.05, 3.63) is 0 Å². The zero-order valence-corrected chi connectivity index (χ0v) is 7.51. The number of hydrazine groups is 1. The molecule has 1 aliphatic heterocycles. The summed E-state index contributed by atoms with van der Waals surface area (Å²) in [7, 11) is 3.64. The van der Waals surface area contributed by atoms with Gasteiger partial charge in [-0.1, -0.05) is 0 Å². The smallest absolute Gasteiger partial charge is 0.0932 e. The highest BCUT2D eigenvalue weighted by Gasteiger charge is 2.19. The van der Waals surface area contributed by atoms with Crippen LogP contribution in [0.15, 0.2) is 0 Å². The molecule has 1 rings (SSSR count). The fraction of sp³-hybridized carbons (Fsp3) is 1.00. The molecule has 6 heteroatoms. The monoisotopic (exact) mass is 180 g/mol. The molecule has 1 N–H and O–H groups in total. The molecular weight excluding hydrogens is 168 g/mol. The van der Waals surface area contributed by atoms with Gasteiger partial charge in [0.1, 0.15) is 0 Å². The van der Waals surface area contributed by atoms with E-state index in [2.05, 4.69) is 9.84 Å². The van der Waals surface area contributed by atoms with Gasteiger partial charge in [-0.25, -0.2) is 0 Å². The molecule has 1 heterocycles. The van der Waals surface area contributed by atoms with Gasteiger partial charge in [-0.3, -0.25) is 9.74 Å². The molecule has 11 heavy (non-hydrogen) atoms. The molecule has 0 aromatic rings. The second-order valence-corrected chi connectivity index (χ2v) is 2.74. The van der Waals surface area contributed by atoms with E-state index >= 15 is 0 Å². The van der Waals surface area contributed by atoms with Crippen molar-refractivity contribution in [3.63, 3.8) is 0 Å². The van der Waals surface area contributed by atoms with E-state index in [1.165, 1.54) is 0 Å². The first kappa shape index (κ1) is 9.18. The Morgan fingerprint density at radius 2 is 2.09 bits per heavy atom. The second kappa shape index (κ2) is 4.20. The van der Waals surface area contributed by atoms with Crippen molar-refractivity contribution >= 4 is 11.8 Å². The van der Waals surface area contributed by atoms with Crippen LogP contribution in [0, 0.1) is 0 Å². The molecule has 0 unspecified atom stereocenters. The number of nitrogens with one attached hydrogen (secondary N) is 1. The molecule has 0 aliphatic carbocycles. The van der Waals surface area contributed by atoms with E-state index in [0.29, 0.717) is 6.67 Å². The third kappa shape index (κ3) is 2.55. The first-order valence-electron chi connectivity index (χ1n) is 3.35. The fourth-order valence-electron chi connectivity index (χ4n) is 1.05. The lowest BCUT2D eigenvalue weighted by atomic mass is 10.6. The van der Waals surface area contributed by atoms with Crippen molar-refractivity contribution < 1.29 is 4.84 Å². The first-order valence-corrected chi connectivity index (χ1v) is 3.73. The van der Waals surface area contributed by atoms with E-state index in [-0.39, 0.29) is 0 Å². The zero-order chi connectivity index (χ0) is 8.27. The SMILES string of the molecule is CON1CN(C)CN(NCl)C1. The van der Waals surface area contributed by atoms with E-state index in [1.54, 1.807) is 12.2 Å². The number of halogens is 1. The summed E-state index contributed by atoms with van der Waals surface area (Å²) >= 11 is 5.43. The van der Waals surface area contributed by atoms with E-state index in [9.17, 15) is 0 Å². The summed E-state index contributed by atoms with van der Waals surface area (Å²) in [6, 6.07) is 0. The minimum absolute atomic E-state index is 0.671. The van der Waals surface area contributed by atoms with Crippen LogP contribution in [0.3, 0.4) is 0 Å². The quantitative estimate of drug-likeness (QED) is 0.586. The van der Waals surface area contributed by atoms with Gasteiger partial charge in [0.15, 0.2) is 0 Å². The highest BCUT2D eigenvalue weighted by molar-refractivity contribution is 6.13. The number of hydroxylamine groups is 2. The Balaban J connectivity index is 2.37. The van der Waals surface area contributed by atoms with Crippen LogP contribution in [0.2, 0.25) is 0 Å². The molecular formula is C5H13ClN4O. The normalized spacial score (nSPS) is 24.3. The molecule has 0 aromatic carbocycles. The molecule has 1 fully saturated rings. The van der Waals surface area contributed by atoms with Gasteiger partial charge in [-0.05, 0) is 18.8 Å². The van der Waals surface area contributed by atoms with Crippen molar-refractivity contribution in [2.45, 2.75) is 0 Å². The molecule has 0 aromatic heterocycles. The lowest BCUT2D eigenvalue weighted by molar-refractivity contribution is -0.216. The standard InChI is InChI=1S/C5H13ClN4O/c1-8-3-9(7-6)5-10(4-8)11-2/h7H,3-5H2,1-2H3. The number of nitrogens with zero attached hydrogens (tertiary/aromatic N) is 3. The van der Waals surface area contributed by atoms with Crippen molar-refractivity contribution in [2.24, 2.45) is 0 Å². The molecule has 0 saturated carbocycles. The first-order chi connectivity index (χ1) is 5.26. The van der Waals surface area contributed by atoms with Gasteiger partial charge >= 0.3 is 0 Å². The van der Waals surface area contributed by atoms with Crippen molar-refractivity contribution in [2.75, 3.05) is 34.2 Å². The molecule has 0 amide bonds. The fourth-order valence-corrected chi connectivity index (χ4v) is 1.16. The topological polar surface area (TPSA) is 31.0 Å². The summed E-state index contributed by atoms with van der Waals surface area (Å²) in [6.45, 7) is 2.26. The van der Waals surface area contributed by atoms with Crippen molar-refractivity contribution in [3.8, 4) is 0 Å². The van der Waals surface area contributed by atoms with Gasteiger partial charge in [-0.2, -0.15) is 15.0 Å². The lowest BCUT2D eigenvalue weighted by Gasteiger charge is -2.37. The Labute approximate surface area is 71.5 Å². The van der Waals surface area contributed by atoms with Crippen LogP contribution in [-0.2, 0) is 4.84 Å². The van der Waals surface area contributed by atoms with Crippen molar-refractivity contribution in [1.29, 1.82) is 0 Å². The third-order valence-electron chi connectivity index (χ3n) is 1.52. The minimum atomic E-state index is 0.671. The Hall–Kier alpha value is 0.0900. The summed E-state index contributed by atoms with van der Waals surface area (Å²) in [5, 5.41) is 3.62. The Bertz CT molecular complexity index is 113. The summed E-state index contributed by atoms with van der Waals surface area (Å²) in [6.07, 6.45) is 0. The zero-order valence-electron chi connectivity index (χ0n) is 6.75. The van der Waals surface area contributed by atoms with E-state index in [1.807, 2.05) is 12.1 Å². The second-order valence-electron chi connectivity index (χ2n) is 2.57. The molecule has 0 atom stereocenters. The maximum absolute atomic E-state index is 5.43. The van der Waals surface area contributed by atoms with Gasteiger partial charge < -0.3 is 0 Å². The predicted molar refractivity (Wildman–Crippen MR) is 42.0 cm³/mol. The van der Waals surface area contributed by atoms with E-state index in [0.717, 1.165) is 13.3 Å². The molecule has 0 radical (unpaired) electrons. The van der Waals surface area contributed by atoms with Gasteiger partial charge in [0.05, 0.1) is 27.1 Å². The molecule has 1 aliphatic rings. The Morgan fingerprint density at radius 1 is 1.36 bits per heavy atom. The number of hydrogen-bond acceptors (Lipinski definition) is 5. The van der Waals surface area contributed by atoms with Gasteiger partial charge in [0, 0.05) is 0 Å². The molecule has 0 spiro atoms. The predicted octanol–water partition coefficient (Wildman–Crippen LogP) is -0.372. The van der Waals surface area contributed by atoms with Crippen LogP contribution in [-0.4, -0.2) is 49.1 Å². The lowest BCUT2D eigenvalue weighted by Crippen LogP contribution is -2.55. The molecule has 0 bridgehead atoms. The van der Waals surface area contributed by atoms with Crippen LogP contribution in [0.25, 0.3) is 0 Å². The summed E-state index contributed by atoms with van der Waals surface area (Å²) in [4.78, 5) is 9.66. The van der Waals surface area contributed by atoms with Crippen LogP contribution in [0.4, 0.5) is 0 Å². The summed E-state index contributed by atoms with van der Waals surface area (Å²) in [5.41, 5.74) is 0. The summed E-state index contributed by atoms with van der Waals surface area (Å²) < 4.78 is 0. The molecule has 66 valence electrons. The maximum Gasteiger partial charge on any atom is 0.0932 e. The molecule has 5 nitrogen and oxygen atoms in total. The van der Waals surface area contributed by atoms with Crippen LogP contribution < -0.4 is 4.94 Å². The highest BCUT2D eigenvalue weighted by atomic mass is 35.5. The van der Waals surface area contributed by atoms with Gasteiger partial charge in [0.2, 0.25) is 0 Å². The highest BCUT2D eigenvalue weighted by Crippen LogP contribution is 2.02. The summed E-state index contributed by atoms with van der Waals surface area (Å²) in [5.74, 6) is 0. The third-order valence-corrected chi connectivity index (χ3v) is 1.76. The minimum Gasteiger partial charge on any atom is -0.300 e. The van der Waals surface area contributed by atoms with Gasteiger partial charge in [0.25, 0.3) is 0 Å². The molecule has 1 saturated heterocycles. The van der Waals surface area contributed by atoms with Crippen molar-refractivity contribution in [1.82, 2.24) is 19.9 Å². The average Bonchev–Trinajstić information content (AvgIpc) is 2.03. The van der Waals surface area contributed by atoms with E-state index in [4.69, 9.17) is 16.6 Å². The van der Waals surface area contributed by atoms with Crippen LogP contribution >= 0.6 is 11.8 Å². The van der Waals surface area contributed by atoms with Crippen LogP contribution in [0.1, 0.15) is 0 Å². The maximum atomic E-state index is 5.43. The largest absolute Gasteiger partial charge is 0.300 e. The number of rotatable bonds is 2. The average molecular weight is 181 g/mol. The van der Waals surface area contributed by atoms with E-state index < -0.39 is 0 Å².